The van der Waals surface area contributed by atoms with Crippen LogP contribution in [0.5, 0.6) is 0 Å². The molecule has 2 rings (SSSR count). The zero-order chi connectivity index (χ0) is 15.5. The summed E-state index contributed by atoms with van der Waals surface area (Å²) < 4.78 is 0. The number of hydrogen-bond acceptors (Lipinski definition) is 6. The third-order valence-electron chi connectivity index (χ3n) is 4.50. The molecule has 1 fully saturated rings. The molecule has 21 heavy (non-hydrogen) atoms. The number of aromatic nitrogens is 3. The van der Waals surface area contributed by atoms with Gasteiger partial charge in [-0.1, -0.05) is 26.7 Å². The Kier molecular flexibility index (Phi) is 4.85. The first-order chi connectivity index (χ1) is 9.96. The van der Waals surface area contributed by atoms with Crippen molar-refractivity contribution in [3.63, 3.8) is 0 Å². The van der Waals surface area contributed by atoms with Gasteiger partial charge in [-0.25, -0.2) is 0 Å². The van der Waals surface area contributed by atoms with E-state index in [9.17, 15) is 0 Å². The van der Waals surface area contributed by atoms with Crippen LogP contribution in [-0.4, -0.2) is 34.1 Å². The summed E-state index contributed by atoms with van der Waals surface area (Å²) in [6.07, 6.45) is 4.94. The minimum absolute atomic E-state index is 0.259. The number of rotatable bonds is 5. The van der Waals surface area contributed by atoms with Gasteiger partial charge in [-0.2, -0.15) is 15.0 Å². The van der Waals surface area contributed by atoms with E-state index in [4.69, 9.17) is 5.73 Å². The lowest BCUT2D eigenvalue weighted by molar-refractivity contribution is 0.216. The van der Waals surface area contributed by atoms with Crippen molar-refractivity contribution in [2.24, 2.45) is 5.41 Å². The maximum absolute atomic E-state index is 5.85. The first kappa shape index (κ1) is 15.8. The second kappa shape index (κ2) is 6.45. The lowest BCUT2D eigenvalue weighted by atomic mass is 9.73. The van der Waals surface area contributed by atoms with Crippen LogP contribution in [0.25, 0.3) is 0 Å². The van der Waals surface area contributed by atoms with Crippen molar-refractivity contribution < 1.29 is 0 Å². The second-order valence-electron chi connectivity index (χ2n) is 6.42. The fourth-order valence-corrected chi connectivity index (χ4v) is 3.01. The highest BCUT2D eigenvalue weighted by atomic mass is 15.3. The Hall–Kier alpha value is -1.59. The second-order valence-corrected chi connectivity index (χ2v) is 6.42. The monoisotopic (exact) mass is 292 g/mol. The lowest BCUT2D eigenvalue weighted by Crippen LogP contribution is -2.39. The topological polar surface area (TPSA) is 80.0 Å². The third-order valence-corrected chi connectivity index (χ3v) is 4.50. The smallest absolute Gasteiger partial charge is 0.231 e. The Labute approximate surface area is 127 Å². The van der Waals surface area contributed by atoms with Crippen LogP contribution in [-0.2, 0) is 0 Å². The Bertz CT molecular complexity index is 469. The van der Waals surface area contributed by atoms with Crippen molar-refractivity contribution in [3.8, 4) is 0 Å². The molecule has 0 spiro atoms. The van der Waals surface area contributed by atoms with Gasteiger partial charge in [0.1, 0.15) is 0 Å². The average molecular weight is 292 g/mol. The molecule has 1 aromatic heterocycles. The molecule has 1 atom stereocenters. The number of nitrogen functional groups attached to an aromatic ring is 1. The molecule has 1 aliphatic carbocycles. The predicted octanol–water partition coefficient (Wildman–Crippen LogP) is 2.68. The van der Waals surface area contributed by atoms with Gasteiger partial charge in [0.25, 0.3) is 0 Å². The molecule has 6 nitrogen and oxygen atoms in total. The van der Waals surface area contributed by atoms with Gasteiger partial charge in [0.15, 0.2) is 0 Å². The molecule has 1 aromatic rings. The largest absolute Gasteiger partial charge is 0.368 e. The first-order valence-corrected chi connectivity index (χ1v) is 7.99. The summed E-state index contributed by atoms with van der Waals surface area (Å²) in [5.41, 5.74) is 6.11. The summed E-state index contributed by atoms with van der Waals surface area (Å²) in [7, 11) is 0. The first-order valence-electron chi connectivity index (χ1n) is 7.99. The number of anilines is 3. The molecule has 118 valence electrons. The zero-order valence-electron chi connectivity index (χ0n) is 13.7. The zero-order valence-corrected chi connectivity index (χ0v) is 13.7. The van der Waals surface area contributed by atoms with Crippen molar-refractivity contribution in [2.75, 3.05) is 29.0 Å². The molecule has 1 aliphatic rings. The number of nitrogens with two attached hydrogens (primary N) is 1. The summed E-state index contributed by atoms with van der Waals surface area (Å²) in [6, 6.07) is 0.387. The van der Waals surface area contributed by atoms with Crippen LogP contribution >= 0.6 is 0 Å². The molecular weight excluding hydrogens is 264 g/mol. The van der Waals surface area contributed by atoms with Crippen molar-refractivity contribution in [1.29, 1.82) is 0 Å². The number of nitrogens with one attached hydrogen (secondary N) is 1. The molecule has 0 bridgehead atoms. The van der Waals surface area contributed by atoms with E-state index in [2.05, 4.69) is 52.9 Å². The van der Waals surface area contributed by atoms with E-state index in [-0.39, 0.29) is 11.4 Å². The van der Waals surface area contributed by atoms with Crippen molar-refractivity contribution >= 4 is 17.8 Å². The fourth-order valence-electron chi connectivity index (χ4n) is 3.01. The van der Waals surface area contributed by atoms with E-state index in [1.54, 1.807) is 0 Å². The normalized spacial score (nSPS) is 21.0. The lowest BCUT2D eigenvalue weighted by Gasteiger charge is -2.39. The molecule has 0 saturated heterocycles. The molecule has 0 amide bonds. The summed E-state index contributed by atoms with van der Waals surface area (Å²) in [6.45, 7) is 10.5. The Morgan fingerprint density at radius 3 is 2.52 bits per heavy atom. The van der Waals surface area contributed by atoms with Crippen LogP contribution in [0.2, 0.25) is 0 Å². The predicted molar refractivity (Wildman–Crippen MR) is 87.5 cm³/mol. The summed E-state index contributed by atoms with van der Waals surface area (Å²) in [5.74, 6) is 1.54. The third kappa shape index (κ3) is 3.74. The van der Waals surface area contributed by atoms with E-state index >= 15 is 0 Å². The summed E-state index contributed by atoms with van der Waals surface area (Å²) >= 11 is 0. The van der Waals surface area contributed by atoms with Gasteiger partial charge in [0.05, 0.1) is 0 Å². The molecule has 3 N–H and O–H groups in total. The van der Waals surface area contributed by atoms with Crippen molar-refractivity contribution in [1.82, 2.24) is 15.0 Å². The van der Waals surface area contributed by atoms with E-state index in [1.165, 1.54) is 19.3 Å². The van der Waals surface area contributed by atoms with Gasteiger partial charge in [0, 0.05) is 19.1 Å². The van der Waals surface area contributed by atoms with Crippen LogP contribution in [0.4, 0.5) is 17.8 Å². The van der Waals surface area contributed by atoms with Crippen LogP contribution < -0.4 is 16.0 Å². The minimum atomic E-state index is 0.259. The highest BCUT2D eigenvalue weighted by Gasteiger charge is 2.32. The molecule has 1 heterocycles. The fraction of sp³-hybridized carbons (Fsp3) is 0.800. The van der Waals surface area contributed by atoms with Gasteiger partial charge in [0.2, 0.25) is 17.8 Å². The standard InChI is InChI=1S/C15H28N6/c1-5-21(6-2)14-19-12(16)18-13(20-14)17-11-9-7-8-10-15(11,3)4/h11H,5-10H2,1-4H3,(H3,16,17,18,19,20). The van der Waals surface area contributed by atoms with Gasteiger partial charge in [-0.05, 0) is 32.1 Å². The van der Waals surface area contributed by atoms with Gasteiger partial charge in [-0.15, -0.1) is 0 Å². The van der Waals surface area contributed by atoms with Gasteiger partial charge < -0.3 is 16.0 Å². The highest BCUT2D eigenvalue weighted by molar-refractivity contribution is 5.42. The van der Waals surface area contributed by atoms with E-state index in [0.29, 0.717) is 17.9 Å². The molecular formula is C15H28N6. The summed E-state index contributed by atoms with van der Waals surface area (Å²) in [5, 5.41) is 3.49. The minimum Gasteiger partial charge on any atom is -0.368 e. The Balaban J connectivity index is 2.19. The summed E-state index contributed by atoms with van der Waals surface area (Å²) in [4.78, 5) is 15.1. The van der Waals surface area contributed by atoms with Crippen molar-refractivity contribution in [3.05, 3.63) is 0 Å². The van der Waals surface area contributed by atoms with E-state index in [1.807, 2.05) is 0 Å². The van der Waals surface area contributed by atoms with Gasteiger partial charge >= 0.3 is 0 Å². The molecule has 1 saturated carbocycles. The van der Waals surface area contributed by atoms with Gasteiger partial charge in [-0.3, -0.25) is 0 Å². The highest BCUT2D eigenvalue weighted by Crippen LogP contribution is 2.36. The van der Waals surface area contributed by atoms with Crippen LogP contribution in [0.3, 0.4) is 0 Å². The van der Waals surface area contributed by atoms with Crippen LogP contribution in [0.1, 0.15) is 53.4 Å². The molecule has 0 aliphatic heterocycles. The average Bonchev–Trinajstić information content (AvgIpc) is 2.42. The molecule has 0 aromatic carbocycles. The van der Waals surface area contributed by atoms with E-state index in [0.717, 1.165) is 19.5 Å². The van der Waals surface area contributed by atoms with Crippen LogP contribution in [0.15, 0.2) is 0 Å². The molecule has 6 heteroatoms. The quantitative estimate of drug-likeness (QED) is 0.868. The molecule has 1 unspecified atom stereocenters. The van der Waals surface area contributed by atoms with Crippen LogP contribution in [0, 0.1) is 5.41 Å². The Morgan fingerprint density at radius 1 is 1.19 bits per heavy atom. The maximum atomic E-state index is 5.85. The Morgan fingerprint density at radius 2 is 1.90 bits per heavy atom. The SMILES string of the molecule is CCN(CC)c1nc(N)nc(NC2CCCCC2(C)C)n1. The van der Waals surface area contributed by atoms with E-state index < -0.39 is 0 Å². The number of nitrogens with zero attached hydrogens (tertiary/aromatic N) is 4. The number of hydrogen-bond donors (Lipinski definition) is 2. The van der Waals surface area contributed by atoms with Crippen molar-refractivity contribution in [2.45, 2.75) is 59.4 Å². The maximum Gasteiger partial charge on any atom is 0.231 e. The molecule has 0 radical (unpaired) electrons.